The highest BCUT2D eigenvalue weighted by atomic mass is 35.5. The Kier molecular flexibility index (Phi) is 4.82. The van der Waals surface area contributed by atoms with Crippen LogP contribution in [0.25, 0.3) is 0 Å². The molecule has 2 saturated heterocycles. The molecule has 0 spiro atoms. The molecule has 7 nitrogen and oxygen atoms in total. The van der Waals surface area contributed by atoms with Gasteiger partial charge in [-0.2, -0.15) is 0 Å². The Morgan fingerprint density at radius 2 is 2.04 bits per heavy atom. The average molecular weight is 373 g/mol. The summed E-state index contributed by atoms with van der Waals surface area (Å²) in [5.74, 6) is -0.0855. The number of amides is 3. The van der Waals surface area contributed by atoms with E-state index in [4.69, 9.17) is 27.9 Å². The summed E-state index contributed by atoms with van der Waals surface area (Å²) >= 11 is 11.8. The topological polar surface area (TPSA) is 76.2 Å². The van der Waals surface area contributed by atoms with Crippen molar-refractivity contribution in [2.24, 2.45) is 5.92 Å². The molecule has 0 radical (unpaired) electrons. The molecule has 0 saturated carbocycles. The maximum Gasteiger partial charge on any atom is 0.417 e. The second-order valence-corrected chi connectivity index (χ2v) is 6.43. The Hall–Kier alpha value is -1.99. The van der Waals surface area contributed by atoms with Crippen LogP contribution in [-0.2, 0) is 14.3 Å². The van der Waals surface area contributed by atoms with Crippen LogP contribution in [0.15, 0.2) is 18.2 Å². The monoisotopic (exact) mass is 372 g/mol. The van der Waals surface area contributed by atoms with E-state index >= 15 is 0 Å². The zero-order valence-electron chi connectivity index (χ0n) is 12.5. The van der Waals surface area contributed by atoms with Gasteiger partial charge in [0.15, 0.2) is 13.2 Å². The molecule has 128 valence electrons. The van der Waals surface area contributed by atoms with Gasteiger partial charge in [0.05, 0.1) is 5.02 Å². The van der Waals surface area contributed by atoms with Crippen molar-refractivity contribution in [3.8, 4) is 5.75 Å². The summed E-state index contributed by atoms with van der Waals surface area (Å²) in [7, 11) is 0. The molecule has 1 aromatic rings. The number of halogens is 2. The Morgan fingerprint density at radius 3 is 2.67 bits per heavy atom. The molecular weight excluding hydrogens is 359 g/mol. The van der Waals surface area contributed by atoms with E-state index in [-0.39, 0.29) is 37.5 Å². The van der Waals surface area contributed by atoms with Crippen molar-refractivity contribution in [3.63, 3.8) is 0 Å². The Bertz CT molecular complexity index is 674. The summed E-state index contributed by atoms with van der Waals surface area (Å²) < 4.78 is 10.0. The second-order valence-electron chi connectivity index (χ2n) is 5.59. The van der Waals surface area contributed by atoms with Crippen molar-refractivity contribution < 1.29 is 23.9 Å². The van der Waals surface area contributed by atoms with Gasteiger partial charge >= 0.3 is 6.09 Å². The van der Waals surface area contributed by atoms with Gasteiger partial charge in [0.1, 0.15) is 5.75 Å². The van der Waals surface area contributed by atoms with Gasteiger partial charge in [-0.25, -0.2) is 9.69 Å². The predicted octanol–water partition coefficient (Wildman–Crippen LogP) is 1.81. The number of nitrogens with zero attached hydrogens (tertiary/aromatic N) is 2. The fourth-order valence-corrected chi connectivity index (χ4v) is 2.99. The van der Waals surface area contributed by atoms with Gasteiger partial charge in [-0.3, -0.25) is 9.59 Å². The summed E-state index contributed by atoms with van der Waals surface area (Å²) in [4.78, 5) is 37.5. The van der Waals surface area contributed by atoms with Gasteiger partial charge in [-0.15, -0.1) is 0 Å². The van der Waals surface area contributed by atoms with Crippen molar-refractivity contribution in [2.45, 2.75) is 0 Å². The van der Waals surface area contributed by atoms with Gasteiger partial charge in [0.2, 0.25) is 0 Å². The molecule has 24 heavy (non-hydrogen) atoms. The lowest BCUT2D eigenvalue weighted by Crippen LogP contribution is -2.55. The van der Waals surface area contributed by atoms with Crippen LogP contribution in [-0.4, -0.2) is 60.6 Å². The van der Waals surface area contributed by atoms with E-state index in [9.17, 15) is 14.4 Å². The predicted molar refractivity (Wildman–Crippen MR) is 85.1 cm³/mol. The minimum Gasteiger partial charge on any atom is -0.482 e. The zero-order valence-corrected chi connectivity index (χ0v) is 14.0. The quantitative estimate of drug-likeness (QED) is 0.787. The standard InChI is InChI=1S/C15H14Cl2N2O5/c16-10-1-2-12(11(17)3-10)23-7-13(20)18-4-9(5-18)6-19-14(21)8-24-15(19)22/h1-3,9H,4-8H2. The maximum atomic E-state index is 12.0. The van der Waals surface area contributed by atoms with E-state index < -0.39 is 6.09 Å². The van der Waals surface area contributed by atoms with Crippen LogP contribution in [0.1, 0.15) is 0 Å². The highest BCUT2D eigenvalue weighted by molar-refractivity contribution is 6.35. The third-order valence-electron chi connectivity index (χ3n) is 3.84. The third kappa shape index (κ3) is 3.57. The molecule has 0 unspecified atom stereocenters. The van der Waals surface area contributed by atoms with Crippen LogP contribution >= 0.6 is 23.2 Å². The number of benzene rings is 1. The van der Waals surface area contributed by atoms with Crippen molar-refractivity contribution in [3.05, 3.63) is 28.2 Å². The fourth-order valence-electron chi connectivity index (χ4n) is 2.53. The first kappa shape index (κ1) is 16.9. The van der Waals surface area contributed by atoms with Crippen LogP contribution in [0.3, 0.4) is 0 Å². The molecule has 0 aliphatic carbocycles. The summed E-state index contributed by atoms with van der Waals surface area (Å²) in [5.41, 5.74) is 0. The first-order chi connectivity index (χ1) is 11.4. The van der Waals surface area contributed by atoms with E-state index in [1.54, 1.807) is 17.0 Å². The summed E-state index contributed by atoms with van der Waals surface area (Å²) in [6.07, 6.45) is -0.620. The van der Waals surface area contributed by atoms with Crippen molar-refractivity contribution in [2.75, 3.05) is 32.8 Å². The number of imide groups is 1. The molecule has 3 amide bonds. The third-order valence-corrected chi connectivity index (χ3v) is 4.37. The minimum absolute atomic E-state index is 0.0580. The molecule has 2 fully saturated rings. The number of likely N-dealkylation sites (tertiary alicyclic amines) is 1. The van der Waals surface area contributed by atoms with Crippen LogP contribution in [0.4, 0.5) is 4.79 Å². The van der Waals surface area contributed by atoms with E-state index in [2.05, 4.69) is 4.74 Å². The molecule has 0 N–H and O–H groups in total. The molecule has 0 bridgehead atoms. The number of ether oxygens (including phenoxy) is 2. The van der Waals surface area contributed by atoms with E-state index in [1.807, 2.05) is 0 Å². The van der Waals surface area contributed by atoms with Crippen molar-refractivity contribution in [1.82, 2.24) is 9.80 Å². The van der Waals surface area contributed by atoms with E-state index in [0.29, 0.717) is 28.9 Å². The van der Waals surface area contributed by atoms with Crippen LogP contribution in [0.2, 0.25) is 10.0 Å². The van der Waals surface area contributed by atoms with Crippen molar-refractivity contribution >= 4 is 41.1 Å². The number of rotatable bonds is 5. The average Bonchev–Trinajstić information content (AvgIpc) is 2.80. The molecular formula is C15H14Cl2N2O5. The Labute approximate surface area is 148 Å². The molecule has 1 aromatic carbocycles. The minimum atomic E-state index is -0.620. The highest BCUT2D eigenvalue weighted by Gasteiger charge is 2.38. The van der Waals surface area contributed by atoms with Gasteiger partial charge in [0.25, 0.3) is 11.8 Å². The van der Waals surface area contributed by atoms with Crippen molar-refractivity contribution in [1.29, 1.82) is 0 Å². The zero-order chi connectivity index (χ0) is 17.3. The number of hydrogen-bond donors (Lipinski definition) is 0. The van der Waals surface area contributed by atoms with Gasteiger partial charge in [-0.1, -0.05) is 23.2 Å². The maximum absolute atomic E-state index is 12.0. The van der Waals surface area contributed by atoms with Crippen LogP contribution < -0.4 is 4.74 Å². The number of cyclic esters (lactones) is 1. The van der Waals surface area contributed by atoms with Crippen LogP contribution in [0.5, 0.6) is 5.75 Å². The lowest BCUT2D eigenvalue weighted by atomic mass is 9.99. The summed E-state index contributed by atoms with van der Waals surface area (Å²) in [5, 5.41) is 0.821. The number of hydrogen-bond acceptors (Lipinski definition) is 5. The SMILES string of the molecule is O=C(COc1ccc(Cl)cc1Cl)N1CC(CN2C(=O)COC2=O)C1. The molecule has 2 aliphatic rings. The smallest absolute Gasteiger partial charge is 0.417 e. The normalized spacial score (nSPS) is 17.8. The van der Waals surface area contributed by atoms with E-state index in [1.165, 1.54) is 6.07 Å². The Morgan fingerprint density at radius 1 is 1.29 bits per heavy atom. The lowest BCUT2D eigenvalue weighted by Gasteiger charge is -2.40. The molecule has 3 rings (SSSR count). The highest BCUT2D eigenvalue weighted by Crippen LogP contribution is 2.27. The fraction of sp³-hybridized carbons (Fsp3) is 0.400. The second kappa shape index (κ2) is 6.86. The molecule has 0 aromatic heterocycles. The summed E-state index contributed by atoms with van der Waals surface area (Å²) in [6.45, 7) is 0.856. The molecule has 2 aliphatic heterocycles. The van der Waals surface area contributed by atoms with Gasteiger partial charge in [0, 0.05) is 30.6 Å². The molecule has 0 atom stereocenters. The van der Waals surface area contributed by atoms with Gasteiger partial charge < -0.3 is 14.4 Å². The van der Waals surface area contributed by atoms with E-state index in [0.717, 1.165) is 4.90 Å². The number of carbonyl (C=O) groups excluding carboxylic acids is 3. The molecule has 9 heteroatoms. The first-order valence-electron chi connectivity index (χ1n) is 7.27. The Balaban J connectivity index is 1.43. The lowest BCUT2D eigenvalue weighted by molar-refractivity contribution is -0.140. The van der Waals surface area contributed by atoms with Gasteiger partial charge in [-0.05, 0) is 18.2 Å². The molecule has 2 heterocycles. The first-order valence-corrected chi connectivity index (χ1v) is 8.02. The number of carbonyl (C=O) groups is 3. The largest absolute Gasteiger partial charge is 0.482 e. The summed E-state index contributed by atoms with van der Waals surface area (Å²) in [6, 6.07) is 4.76. The van der Waals surface area contributed by atoms with Crippen LogP contribution in [0, 0.1) is 5.92 Å².